The van der Waals surface area contributed by atoms with Gasteiger partial charge in [-0.05, 0) is 25.1 Å². The van der Waals surface area contributed by atoms with Crippen LogP contribution in [0.4, 0.5) is 5.69 Å². The van der Waals surface area contributed by atoms with Crippen LogP contribution < -0.4 is 15.4 Å². The molecule has 2 amide bonds. The van der Waals surface area contributed by atoms with Gasteiger partial charge in [-0.2, -0.15) is 0 Å². The number of ketones is 2. The van der Waals surface area contributed by atoms with Gasteiger partial charge in [0.2, 0.25) is 0 Å². The van der Waals surface area contributed by atoms with Crippen molar-refractivity contribution in [2.24, 2.45) is 0 Å². The summed E-state index contributed by atoms with van der Waals surface area (Å²) in [6.07, 6.45) is -1.24. The van der Waals surface area contributed by atoms with Gasteiger partial charge < -0.3 is 20.1 Å². The minimum Gasteiger partial charge on any atom is -0.496 e. The van der Waals surface area contributed by atoms with Crippen LogP contribution in [0.1, 0.15) is 49.1 Å². The molecular formula is C27H22N2O7. The first-order chi connectivity index (χ1) is 17.3. The molecule has 1 aliphatic rings. The number of carbonyl (C=O) groups excluding carboxylic acids is 5. The van der Waals surface area contributed by atoms with E-state index in [0.29, 0.717) is 11.3 Å². The quantitative estimate of drug-likeness (QED) is 0.385. The summed E-state index contributed by atoms with van der Waals surface area (Å²) in [5.41, 5.74) is 1.20. The van der Waals surface area contributed by atoms with Crippen molar-refractivity contribution in [2.45, 2.75) is 13.0 Å². The second kappa shape index (κ2) is 10.2. The van der Waals surface area contributed by atoms with Gasteiger partial charge in [-0.25, -0.2) is 0 Å². The van der Waals surface area contributed by atoms with Crippen molar-refractivity contribution in [3.8, 4) is 5.75 Å². The van der Waals surface area contributed by atoms with Gasteiger partial charge in [0.1, 0.15) is 12.3 Å². The number of para-hydroxylation sites is 1. The molecule has 3 aromatic rings. The van der Waals surface area contributed by atoms with Crippen LogP contribution in [0.2, 0.25) is 0 Å². The molecule has 0 spiro atoms. The number of anilines is 1. The van der Waals surface area contributed by atoms with E-state index in [1.165, 1.54) is 26.2 Å². The van der Waals surface area contributed by atoms with E-state index in [2.05, 4.69) is 10.6 Å². The van der Waals surface area contributed by atoms with Gasteiger partial charge in [-0.3, -0.25) is 24.0 Å². The molecule has 1 aliphatic carbocycles. The first-order valence-electron chi connectivity index (χ1n) is 11.0. The number of methoxy groups -OCH3 is 1. The summed E-state index contributed by atoms with van der Waals surface area (Å²) < 4.78 is 10.3. The average molecular weight is 486 g/mol. The van der Waals surface area contributed by atoms with E-state index >= 15 is 0 Å². The van der Waals surface area contributed by atoms with Gasteiger partial charge in [-0.15, -0.1) is 0 Å². The third-order valence-corrected chi connectivity index (χ3v) is 5.63. The number of hydrogen-bond acceptors (Lipinski definition) is 7. The van der Waals surface area contributed by atoms with Gasteiger partial charge in [0.15, 0.2) is 17.7 Å². The van der Waals surface area contributed by atoms with Crippen molar-refractivity contribution in [2.75, 3.05) is 19.0 Å². The van der Waals surface area contributed by atoms with Crippen LogP contribution in [0.15, 0.2) is 66.7 Å². The monoisotopic (exact) mass is 486 g/mol. The van der Waals surface area contributed by atoms with Crippen LogP contribution >= 0.6 is 0 Å². The highest BCUT2D eigenvalue weighted by Crippen LogP contribution is 2.32. The molecule has 9 nitrogen and oxygen atoms in total. The summed E-state index contributed by atoms with van der Waals surface area (Å²) in [4.78, 5) is 63.2. The number of rotatable bonds is 7. The normalized spacial score (nSPS) is 12.6. The fourth-order valence-corrected chi connectivity index (χ4v) is 3.86. The fourth-order valence-electron chi connectivity index (χ4n) is 3.86. The van der Waals surface area contributed by atoms with Crippen LogP contribution in [0.3, 0.4) is 0 Å². The molecule has 0 saturated carbocycles. The second-order valence-electron chi connectivity index (χ2n) is 7.94. The van der Waals surface area contributed by atoms with Crippen molar-refractivity contribution < 1.29 is 33.4 Å². The Kier molecular flexibility index (Phi) is 6.91. The third kappa shape index (κ3) is 4.72. The first-order valence-corrected chi connectivity index (χ1v) is 11.0. The topological polar surface area (TPSA) is 128 Å². The summed E-state index contributed by atoms with van der Waals surface area (Å²) in [5.74, 6) is -2.44. The largest absolute Gasteiger partial charge is 0.496 e. The Morgan fingerprint density at radius 2 is 1.47 bits per heavy atom. The van der Waals surface area contributed by atoms with Gasteiger partial charge in [0, 0.05) is 16.7 Å². The summed E-state index contributed by atoms with van der Waals surface area (Å²) in [6.45, 7) is 0.881. The average Bonchev–Trinajstić information content (AvgIpc) is 2.90. The minimum absolute atomic E-state index is 0.0807. The van der Waals surface area contributed by atoms with Gasteiger partial charge >= 0.3 is 5.97 Å². The fraction of sp³-hybridized carbons (Fsp3) is 0.148. The third-order valence-electron chi connectivity index (χ3n) is 5.63. The molecule has 182 valence electrons. The van der Waals surface area contributed by atoms with Crippen molar-refractivity contribution in [3.63, 3.8) is 0 Å². The Labute approximate surface area is 206 Å². The van der Waals surface area contributed by atoms with Crippen molar-refractivity contribution in [1.29, 1.82) is 0 Å². The minimum atomic E-state index is -1.24. The van der Waals surface area contributed by atoms with E-state index in [1.54, 1.807) is 54.6 Å². The highest BCUT2D eigenvalue weighted by atomic mass is 16.5. The van der Waals surface area contributed by atoms with Crippen LogP contribution in [0.25, 0.3) is 0 Å². The van der Waals surface area contributed by atoms with Gasteiger partial charge in [-0.1, -0.05) is 48.5 Å². The zero-order valence-corrected chi connectivity index (χ0v) is 19.5. The molecule has 0 aromatic heterocycles. The molecule has 1 unspecified atom stereocenters. The Morgan fingerprint density at radius 1 is 0.833 bits per heavy atom. The van der Waals surface area contributed by atoms with Gasteiger partial charge in [0.25, 0.3) is 11.8 Å². The number of amides is 2. The lowest BCUT2D eigenvalue weighted by molar-refractivity contribution is -0.152. The van der Waals surface area contributed by atoms with Crippen LogP contribution in [0.5, 0.6) is 5.75 Å². The molecule has 0 aliphatic heterocycles. The molecule has 0 fully saturated rings. The molecule has 0 bridgehead atoms. The molecule has 9 heteroatoms. The Bertz CT molecular complexity index is 1400. The van der Waals surface area contributed by atoms with E-state index < -0.39 is 30.4 Å². The molecular weight excluding hydrogens is 464 g/mol. The SMILES string of the molecule is COc1ccccc1C(=O)NCC(=O)OC(C)C(=O)Nc1cccc2c1C(=O)c1ccccc1C2=O. The molecule has 0 radical (unpaired) electrons. The van der Waals surface area contributed by atoms with Crippen molar-refractivity contribution in [1.82, 2.24) is 5.32 Å². The number of fused-ring (bicyclic) bond motifs is 2. The maximum absolute atomic E-state index is 13.1. The molecule has 4 rings (SSSR count). The lowest BCUT2D eigenvalue weighted by Gasteiger charge is -2.21. The lowest BCUT2D eigenvalue weighted by atomic mass is 9.83. The molecule has 1 atom stereocenters. The summed E-state index contributed by atoms with van der Waals surface area (Å²) in [6, 6.07) is 17.6. The smallest absolute Gasteiger partial charge is 0.326 e. The van der Waals surface area contributed by atoms with Crippen LogP contribution in [-0.2, 0) is 14.3 Å². The Balaban J connectivity index is 1.40. The predicted octanol–water partition coefficient (Wildman–Crippen LogP) is 2.77. The van der Waals surface area contributed by atoms with Crippen molar-refractivity contribution in [3.05, 3.63) is 94.5 Å². The molecule has 2 N–H and O–H groups in total. The Morgan fingerprint density at radius 3 is 2.19 bits per heavy atom. The maximum atomic E-state index is 13.1. The molecule has 0 heterocycles. The highest BCUT2D eigenvalue weighted by Gasteiger charge is 2.32. The molecule has 3 aromatic carbocycles. The number of nitrogens with one attached hydrogen (secondary N) is 2. The van der Waals surface area contributed by atoms with E-state index in [9.17, 15) is 24.0 Å². The zero-order chi connectivity index (χ0) is 25.8. The van der Waals surface area contributed by atoms with Crippen LogP contribution in [0, 0.1) is 0 Å². The van der Waals surface area contributed by atoms with Crippen molar-refractivity contribution >= 4 is 35.0 Å². The van der Waals surface area contributed by atoms with E-state index in [0.717, 1.165) is 0 Å². The summed E-state index contributed by atoms with van der Waals surface area (Å²) >= 11 is 0. The second-order valence-corrected chi connectivity index (χ2v) is 7.94. The zero-order valence-electron chi connectivity index (χ0n) is 19.5. The highest BCUT2D eigenvalue weighted by molar-refractivity contribution is 6.30. The van der Waals surface area contributed by atoms with E-state index in [-0.39, 0.29) is 39.5 Å². The number of hydrogen-bond donors (Lipinski definition) is 2. The standard InChI is InChI=1S/C27H22N2O7/c1-15(36-22(30)14-28-27(34)18-10-5-6-13-21(18)35-2)26(33)29-20-12-7-11-19-23(20)25(32)17-9-4-3-8-16(17)24(19)31/h3-13,15H,14H2,1-2H3,(H,28,34)(H,29,33). The summed E-state index contributed by atoms with van der Waals surface area (Å²) in [5, 5.41) is 4.99. The number of esters is 1. The number of ether oxygens (including phenoxy) is 2. The maximum Gasteiger partial charge on any atom is 0.326 e. The Hall–Kier alpha value is -4.79. The molecule has 0 saturated heterocycles. The van der Waals surface area contributed by atoms with Gasteiger partial charge in [0.05, 0.1) is 23.9 Å². The number of carbonyl (C=O) groups is 5. The number of benzene rings is 3. The predicted molar refractivity (Wildman–Crippen MR) is 129 cm³/mol. The van der Waals surface area contributed by atoms with E-state index in [1.807, 2.05) is 0 Å². The first kappa shape index (κ1) is 24.3. The van der Waals surface area contributed by atoms with E-state index in [4.69, 9.17) is 9.47 Å². The lowest BCUT2D eigenvalue weighted by Crippen LogP contribution is -2.36. The summed E-state index contributed by atoms with van der Waals surface area (Å²) in [7, 11) is 1.42. The van der Waals surface area contributed by atoms with Crippen LogP contribution in [-0.4, -0.2) is 49.1 Å². The molecule has 36 heavy (non-hydrogen) atoms.